The fourth-order valence-corrected chi connectivity index (χ4v) is 6.81. The predicted octanol–water partition coefficient (Wildman–Crippen LogP) is 8.14. The molecule has 8 nitrogen and oxygen atoms in total. The summed E-state index contributed by atoms with van der Waals surface area (Å²) in [5, 5.41) is 0.671. The molecular weight excluding hydrogens is 578 g/mol. The van der Waals surface area contributed by atoms with Crippen LogP contribution in [0.1, 0.15) is 116 Å². The number of Topliss-reactive ketones (excluding diaryl/α,β-unsaturated/α-hetero) is 1. The zero-order chi connectivity index (χ0) is 30.8. The molecule has 2 saturated heterocycles. The number of carbonyl (C=O) groups excluding carboxylic acids is 2. The lowest BCUT2D eigenvalue weighted by Crippen LogP contribution is -2.31. The van der Waals surface area contributed by atoms with Crippen molar-refractivity contribution in [1.82, 2.24) is 4.98 Å². The molecule has 1 saturated carbocycles. The average Bonchev–Trinajstić information content (AvgIpc) is 3.34. The van der Waals surface area contributed by atoms with E-state index in [-0.39, 0.29) is 48.4 Å². The molecule has 0 aromatic carbocycles. The SMILES string of the molecule is CCCCC[C@@H](/C=C/[C@H]1[C@H](OC2CCCCO2)CC(=O)[C@@H]1CCCCCCC(=O)OSc1ccccn1)OC1CCCCO1. The van der Waals surface area contributed by atoms with E-state index < -0.39 is 0 Å². The summed E-state index contributed by atoms with van der Waals surface area (Å²) >= 11 is 1.01. The first-order valence-electron chi connectivity index (χ1n) is 17.2. The van der Waals surface area contributed by atoms with E-state index in [0.29, 0.717) is 17.9 Å². The third-order valence-corrected chi connectivity index (χ3v) is 9.46. The molecule has 3 fully saturated rings. The van der Waals surface area contributed by atoms with Gasteiger partial charge in [-0.05, 0) is 69.9 Å². The van der Waals surface area contributed by atoms with Crippen LogP contribution in [-0.2, 0) is 32.7 Å². The standard InChI is InChI=1S/C35H53NO7S/c1-2-3-6-15-27(41-34-19-10-13-24-39-34)21-22-29-28(30(37)26-31(29)42-35-20-11-14-25-40-35)16-7-4-5-8-18-33(38)43-44-32-17-9-12-23-36-32/h9,12,17,21-23,27-29,31,34-35H,2-8,10-11,13-16,18-20,24-26H2,1H3/b22-21+/t27-,28+,29+,31+,34?,35?/m0/s1. The molecule has 2 unspecified atom stereocenters. The second-order valence-electron chi connectivity index (χ2n) is 12.3. The van der Waals surface area contributed by atoms with E-state index in [4.69, 9.17) is 23.1 Å². The van der Waals surface area contributed by atoms with Gasteiger partial charge in [-0.25, -0.2) is 4.98 Å². The molecule has 4 rings (SSSR count). The Bertz CT molecular complexity index is 981. The van der Waals surface area contributed by atoms with E-state index in [1.807, 2.05) is 18.2 Å². The number of aromatic nitrogens is 1. The van der Waals surface area contributed by atoms with Gasteiger partial charge in [0, 0.05) is 44.1 Å². The maximum atomic E-state index is 13.3. The van der Waals surface area contributed by atoms with E-state index in [0.717, 1.165) is 115 Å². The van der Waals surface area contributed by atoms with Crippen LogP contribution in [0.25, 0.3) is 0 Å². The van der Waals surface area contributed by atoms with E-state index in [9.17, 15) is 9.59 Å². The second-order valence-corrected chi connectivity index (χ2v) is 13.1. The third-order valence-electron chi connectivity index (χ3n) is 8.78. The lowest BCUT2D eigenvalue weighted by Gasteiger charge is -2.29. The van der Waals surface area contributed by atoms with Crippen LogP contribution in [0.2, 0.25) is 0 Å². The third kappa shape index (κ3) is 12.5. The Labute approximate surface area is 268 Å². The predicted molar refractivity (Wildman–Crippen MR) is 171 cm³/mol. The second kappa shape index (κ2) is 20.4. The number of carbonyl (C=O) groups is 2. The summed E-state index contributed by atoms with van der Waals surface area (Å²) in [5.41, 5.74) is 0. The zero-order valence-electron chi connectivity index (χ0n) is 26.6. The Morgan fingerprint density at radius 3 is 2.55 bits per heavy atom. The molecule has 6 atom stereocenters. The van der Waals surface area contributed by atoms with Gasteiger partial charge in [-0.3, -0.25) is 9.59 Å². The van der Waals surface area contributed by atoms with Gasteiger partial charge in [0.2, 0.25) is 0 Å². The van der Waals surface area contributed by atoms with Crippen molar-refractivity contribution in [3.8, 4) is 0 Å². The quantitative estimate of drug-likeness (QED) is 0.0852. The van der Waals surface area contributed by atoms with Gasteiger partial charge in [0.25, 0.3) is 0 Å². The van der Waals surface area contributed by atoms with Crippen molar-refractivity contribution in [3.63, 3.8) is 0 Å². The highest BCUT2D eigenvalue weighted by Crippen LogP contribution is 2.38. The Kier molecular flexibility index (Phi) is 16.2. The van der Waals surface area contributed by atoms with Gasteiger partial charge in [0.05, 0.1) is 12.2 Å². The van der Waals surface area contributed by atoms with Gasteiger partial charge >= 0.3 is 5.97 Å². The van der Waals surface area contributed by atoms with Gasteiger partial charge < -0.3 is 23.1 Å². The Hall–Kier alpha value is -1.78. The molecule has 2 aliphatic heterocycles. The summed E-state index contributed by atoms with van der Waals surface area (Å²) in [6.07, 6.45) is 21.4. The summed E-state index contributed by atoms with van der Waals surface area (Å²) in [4.78, 5) is 29.6. The van der Waals surface area contributed by atoms with Crippen LogP contribution >= 0.6 is 12.0 Å². The van der Waals surface area contributed by atoms with Crippen molar-refractivity contribution < 1.29 is 32.7 Å². The van der Waals surface area contributed by atoms with Gasteiger partial charge in [0.15, 0.2) is 12.6 Å². The number of unbranched alkanes of at least 4 members (excludes halogenated alkanes) is 5. The average molecular weight is 632 g/mol. The van der Waals surface area contributed by atoms with Crippen molar-refractivity contribution in [3.05, 3.63) is 36.5 Å². The molecule has 1 aromatic heterocycles. The lowest BCUT2D eigenvalue weighted by molar-refractivity contribution is -0.192. The normalized spacial score (nSPS) is 26.7. The number of ether oxygens (including phenoxy) is 4. The first-order valence-corrected chi connectivity index (χ1v) is 17.9. The van der Waals surface area contributed by atoms with Crippen LogP contribution in [0.3, 0.4) is 0 Å². The number of pyridine rings is 1. The van der Waals surface area contributed by atoms with Crippen molar-refractivity contribution in [2.24, 2.45) is 11.8 Å². The summed E-state index contributed by atoms with van der Waals surface area (Å²) in [5.74, 6) is 0.00343. The minimum Gasteiger partial charge on any atom is -0.384 e. The van der Waals surface area contributed by atoms with E-state index in [1.165, 1.54) is 6.42 Å². The molecule has 0 radical (unpaired) electrons. The molecule has 1 aliphatic carbocycles. The molecule has 0 amide bonds. The molecule has 44 heavy (non-hydrogen) atoms. The maximum Gasteiger partial charge on any atom is 0.318 e. The largest absolute Gasteiger partial charge is 0.384 e. The van der Waals surface area contributed by atoms with Crippen LogP contribution in [0.4, 0.5) is 0 Å². The Balaban J connectivity index is 1.28. The van der Waals surface area contributed by atoms with Crippen LogP contribution < -0.4 is 0 Å². The topological polar surface area (TPSA) is 93.2 Å². The maximum absolute atomic E-state index is 13.3. The van der Waals surface area contributed by atoms with Gasteiger partial charge in [-0.2, -0.15) is 0 Å². The lowest BCUT2D eigenvalue weighted by atomic mass is 9.88. The van der Waals surface area contributed by atoms with Gasteiger partial charge in [-0.15, -0.1) is 0 Å². The van der Waals surface area contributed by atoms with Gasteiger partial charge in [-0.1, -0.05) is 63.7 Å². The first-order chi connectivity index (χ1) is 21.6. The molecule has 246 valence electrons. The number of nitrogens with zero attached hydrogens (tertiary/aromatic N) is 1. The van der Waals surface area contributed by atoms with Crippen molar-refractivity contribution >= 4 is 23.8 Å². The highest BCUT2D eigenvalue weighted by molar-refractivity contribution is 7.95. The minimum absolute atomic E-state index is 0.0103. The molecule has 3 heterocycles. The summed E-state index contributed by atoms with van der Waals surface area (Å²) in [6, 6.07) is 5.51. The fraction of sp³-hybridized carbons (Fsp3) is 0.743. The summed E-state index contributed by atoms with van der Waals surface area (Å²) < 4.78 is 29.9. The van der Waals surface area contributed by atoms with Crippen molar-refractivity contribution in [2.75, 3.05) is 13.2 Å². The van der Waals surface area contributed by atoms with Crippen molar-refractivity contribution in [1.29, 1.82) is 0 Å². The highest BCUT2D eigenvalue weighted by Gasteiger charge is 2.42. The van der Waals surface area contributed by atoms with Crippen LogP contribution in [0, 0.1) is 11.8 Å². The zero-order valence-corrected chi connectivity index (χ0v) is 27.4. The number of ketones is 1. The van der Waals surface area contributed by atoms with Crippen LogP contribution in [0.5, 0.6) is 0 Å². The molecule has 0 bridgehead atoms. The van der Waals surface area contributed by atoms with Crippen LogP contribution in [-0.4, -0.2) is 54.7 Å². The molecular formula is C35H53NO7S. The van der Waals surface area contributed by atoms with E-state index in [2.05, 4.69) is 24.1 Å². The van der Waals surface area contributed by atoms with Gasteiger partial charge in [0.1, 0.15) is 22.9 Å². The molecule has 9 heteroatoms. The molecule has 1 aromatic rings. The van der Waals surface area contributed by atoms with E-state index in [1.54, 1.807) is 6.20 Å². The minimum atomic E-state index is -0.226. The fourth-order valence-electron chi connectivity index (χ4n) is 6.31. The molecule has 3 aliphatic rings. The van der Waals surface area contributed by atoms with Crippen LogP contribution in [0.15, 0.2) is 41.6 Å². The van der Waals surface area contributed by atoms with Crippen molar-refractivity contribution in [2.45, 2.75) is 146 Å². The molecule has 0 spiro atoms. The van der Waals surface area contributed by atoms with E-state index >= 15 is 0 Å². The molecule has 0 N–H and O–H groups in total. The highest BCUT2D eigenvalue weighted by atomic mass is 32.2. The number of rotatable bonds is 19. The number of hydrogen-bond acceptors (Lipinski definition) is 9. The number of hydrogen-bond donors (Lipinski definition) is 0. The smallest absolute Gasteiger partial charge is 0.318 e. The first kappa shape index (κ1) is 35.1. The monoisotopic (exact) mass is 631 g/mol. The summed E-state index contributed by atoms with van der Waals surface area (Å²) in [7, 11) is 0. The Morgan fingerprint density at radius 2 is 1.82 bits per heavy atom. The Morgan fingerprint density at radius 1 is 1.02 bits per heavy atom. The summed E-state index contributed by atoms with van der Waals surface area (Å²) in [6.45, 7) is 3.70.